The van der Waals surface area contributed by atoms with E-state index < -0.39 is 5.91 Å². The van der Waals surface area contributed by atoms with Crippen LogP contribution in [0.5, 0.6) is 0 Å². The summed E-state index contributed by atoms with van der Waals surface area (Å²) < 4.78 is 0. The van der Waals surface area contributed by atoms with E-state index in [2.05, 4.69) is 5.32 Å². The standard InChI is InChI=1S/C20H18N2O/c1-15-8-10-19(11-9-15)22-20(23)18(14-21)13-16(2)12-17-6-4-3-5-7-17/h3-13H,1-2H3,(H,22,23). The summed E-state index contributed by atoms with van der Waals surface area (Å²) in [6.07, 6.45) is 3.52. The van der Waals surface area contributed by atoms with Crippen LogP contribution >= 0.6 is 0 Å². The molecule has 3 heteroatoms. The highest BCUT2D eigenvalue weighted by Crippen LogP contribution is 2.12. The van der Waals surface area contributed by atoms with Gasteiger partial charge in [-0.3, -0.25) is 4.79 Å². The molecule has 0 spiro atoms. The van der Waals surface area contributed by atoms with Crippen LogP contribution in [0.25, 0.3) is 6.08 Å². The summed E-state index contributed by atoms with van der Waals surface area (Å²) >= 11 is 0. The lowest BCUT2D eigenvalue weighted by molar-refractivity contribution is -0.112. The van der Waals surface area contributed by atoms with Gasteiger partial charge in [-0.15, -0.1) is 0 Å². The van der Waals surface area contributed by atoms with E-state index in [9.17, 15) is 10.1 Å². The number of anilines is 1. The molecule has 1 N–H and O–H groups in total. The summed E-state index contributed by atoms with van der Waals surface area (Å²) in [5.41, 5.74) is 3.73. The zero-order chi connectivity index (χ0) is 16.7. The first-order valence-corrected chi connectivity index (χ1v) is 7.31. The number of nitrogens with one attached hydrogen (secondary N) is 1. The van der Waals surface area contributed by atoms with Gasteiger partial charge < -0.3 is 5.32 Å². The normalized spacial score (nSPS) is 11.7. The van der Waals surface area contributed by atoms with Crippen LogP contribution in [0, 0.1) is 18.3 Å². The van der Waals surface area contributed by atoms with Crippen molar-refractivity contribution in [3.05, 3.63) is 82.9 Å². The first-order valence-electron chi connectivity index (χ1n) is 7.31. The third-order valence-corrected chi connectivity index (χ3v) is 3.24. The van der Waals surface area contributed by atoms with Gasteiger partial charge in [0.1, 0.15) is 11.6 Å². The van der Waals surface area contributed by atoms with E-state index in [4.69, 9.17) is 0 Å². The first kappa shape index (κ1) is 16.3. The number of carbonyl (C=O) groups excluding carboxylic acids is 1. The molecule has 0 aliphatic heterocycles. The largest absolute Gasteiger partial charge is 0.321 e. The van der Waals surface area contributed by atoms with Gasteiger partial charge in [0.25, 0.3) is 5.91 Å². The second-order valence-electron chi connectivity index (χ2n) is 5.29. The molecular weight excluding hydrogens is 284 g/mol. The Kier molecular flexibility index (Phi) is 5.49. The van der Waals surface area contributed by atoms with E-state index in [0.29, 0.717) is 5.69 Å². The smallest absolute Gasteiger partial charge is 0.266 e. The van der Waals surface area contributed by atoms with Crippen LogP contribution < -0.4 is 5.32 Å². The third-order valence-electron chi connectivity index (χ3n) is 3.24. The number of hydrogen-bond donors (Lipinski definition) is 1. The molecule has 0 radical (unpaired) electrons. The monoisotopic (exact) mass is 302 g/mol. The van der Waals surface area contributed by atoms with Crippen LogP contribution in [0.4, 0.5) is 5.69 Å². The van der Waals surface area contributed by atoms with Crippen molar-refractivity contribution in [2.24, 2.45) is 0 Å². The number of nitriles is 1. The van der Waals surface area contributed by atoms with E-state index in [1.54, 1.807) is 6.08 Å². The van der Waals surface area contributed by atoms with E-state index in [0.717, 1.165) is 16.7 Å². The second-order valence-corrected chi connectivity index (χ2v) is 5.29. The second kappa shape index (κ2) is 7.77. The maximum atomic E-state index is 12.2. The van der Waals surface area contributed by atoms with Crippen molar-refractivity contribution in [3.63, 3.8) is 0 Å². The number of carbonyl (C=O) groups is 1. The fraction of sp³-hybridized carbons (Fsp3) is 0.100. The molecule has 23 heavy (non-hydrogen) atoms. The van der Waals surface area contributed by atoms with Crippen LogP contribution in [-0.4, -0.2) is 5.91 Å². The zero-order valence-electron chi connectivity index (χ0n) is 13.2. The lowest BCUT2D eigenvalue weighted by Crippen LogP contribution is -2.13. The number of amides is 1. The number of benzene rings is 2. The number of allylic oxidation sites excluding steroid dienone is 2. The summed E-state index contributed by atoms with van der Waals surface area (Å²) in [7, 11) is 0. The predicted molar refractivity (Wildman–Crippen MR) is 93.6 cm³/mol. The van der Waals surface area contributed by atoms with E-state index in [-0.39, 0.29) is 5.57 Å². The number of nitrogens with zero attached hydrogens (tertiary/aromatic N) is 1. The molecule has 0 fully saturated rings. The van der Waals surface area contributed by atoms with Crippen molar-refractivity contribution in [3.8, 4) is 6.07 Å². The number of hydrogen-bond acceptors (Lipinski definition) is 2. The van der Waals surface area contributed by atoms with Crippen LogP contribution in [0.15, 0.2) is 71.8 Å². The zero-order valence-corrected chi connectivity index (χ0v) is 13.2. The number of aryl methyl sites for hydroxylation is 1. The Bertz CT molecular complexity index is 779. The minimum atomic E-state index is -0.405. The van der Waals surface area contributed by atoms with Crippen molar-refractivity contribution in [2.45, 2.75) is 13.8 Å². The lowest BCUT2D eigenvalue weighted by atomic mass is 10.1. The van der Waals surface area contributed by atoms with Gasteiger partial charge in [0.15, 0.2) is 0 Å². The molecule has 0 aliphatic carbocycles. The molecule has 3 nitrogen and oxygen atoms in total. The van der Waals surface area contributed by atoms with Crippen LogP contribution in [0.1, 0.15) is 18.1 Å². The van der Waals surface area contributed by atoms with Crippen LogP contribution in [0.2, 0.25) is 0 Å². The molecule has 0 saturated heterocycles. The molecule has 2 aromatic carbocycles. The summed E-state index contributed by atoms with van der Waals surface area (Å²) in [6.45, 7) is 3.84. The molecule has 1 amide bonds. The Balaban J connectivity index is 2.15. The summed E-state index contributed by atoms with van der Waals surface area (Å²) in [4.78, 5) is 12.2. The van der Waals surface area contributed by atoms with Crippen LogP contribution in [-0.2, 0) is 4.79 Å². The highest BCUT2D eigenvalue weighted by atomic mass is 16.1. The highest BCUT2D eigenvalue weighted by Gasteiger charge is 2.09. The highest BCUT2D eigenvalue weighted by molar-refractivity contribution is 6.07. The van der Waals surface area contributed by atoms with Gasteiger partial charge >= 0.3 is 0 Å². The first-order chi connectivity index (χ1) is 11.1. The summed E-state index contributed by atoms with van der Waals surface area (Å²) in [5.74, 6) is -0.405. The van der Waals surface area contributed by atoms with Gasteiger partial charge in [-0.25, -0.2) is 0 Å². The molecule has 0 aliphatic rings. The molecule has 114 valence electrons. The molecular formula is C20H18N2O. The molecule has 0 saturated carbocycles. The average Bonchev–Trinajstić information content (AvgIpc) is 2.55. The minimum absolute atomic E-state index is 0.0789. The quantitative estimate of drug-likeness (QED) is 0.514. The minimum Gasteiger partial charge on any atom is -0.321 e. The topological polar surface area (TPSA) is 52.9 Å². The Morgan fingerprint density at radius 1 is 1.09 bits per heavy atom. The Morgan fingerprint density at radius 2 is 1.74 bits per heavy atom. The summed E-state index contributed by atoms with van der Waals surface area (Å²) in [6, 6.07) is 19.2. The Labute approximate surface area is 136 Å². The van der Waals surface area contributed by atoms with Crippen molar-refractivity contribution < 1.29 is 4.79 Å². The van der Waals surface area contributed by atoms with Crippen molar-refractivity contribution >= 4 is 17.7 Å². The SMILES string of the molecule is CC(=Cc1ccccc1)C=C(C#N)C(=O)Nc1ccc(C)cc1. The molecule has 0 atom stereocenters. The van der Waals surface area contributed by atoms with Gasteiger partial charge in [-0.05, 0) is 43.2 Å². The maximum Gasteiger partial charge on any atom is 0.266 e. The molecule has 2 aromatic rings. The molecule has 0 unspecified atom stereocenters. The van der Waals surface area contributed by atoms with E-state index >= 15 is 0 Å². The lowest BCUT2D eigenvalue weighted by Gasteiger charge is -2.04. The Morgan fingerprint density at radius 3 is 2.35 bits per heavy atom. The van der Waals surface area contributed by atoms with E-state index in [1.807, 2.05) is 80.6 Å². The Hall–Kier alpha value is -3.12. The number of rotatable bonds is 4. The van der Waals surface area contributed by atoms with Gasteiger partial charge in [0.2, 0.25) is 0 Å². The maximum absolute atomic E-state index is 12.2. The van der Waals surface area contributed by atoms with Gasteiger partial charge in [0, 0.05) is 5.69 Å². The average molecular weight is 302 g/mol. The predicted octanol–water partition coefficient (Wildman–Crippen LogP) is 4.49. The third kappa shape index (κ3) is 4.98. The molecule has 0 aromatic heterocycles. The van der Waals surface area contributed by atoms with Crippen LogP contribution in [0.3, 0.4) is 0 Å². The molecule has 0 heterocycles. The van der Waals surface area contributed by atoms with Gasteiger partial charge in [0.05, 0.1) is 0 Å². The van der Waals surface area contributed by atoms with Crippen molar-refractivity contribution in [1.82, 2.24) is 0 Å². The fourth-order valence-corrected chi connectivity index (χ4v) is 2.07. The van der Waals surface area contributed by atoms with Crippen molar-refractivity contribution in [1.29, 1.82) is 5.26 Å². The van der Waals surface area contributed by atoms with E-state index in [1.165, 1.54) is 0 Å². The van der Waals surface area contributed by atoms with Crippen molar-refractivity contribution in [2.75, 3.05) is 5.32 Å². The van der Waals surface area contributed by atoms with Gasteiger partial charge in [-0.2, -0.15) is 5.26 Å². The summed E-state index contributed by atoms with van der Waals surface area (Å²) in [5, 5.41) is 12.0. The molecule has 2 rings (SSSR count). The van der Waals surface area contributed by atoms with Gasteiger partial charge in [-0.1, -0.05) is 54.1 Å². The molecule has 0 bridgehead atoms. The fourth-order valence-electron chi connectivity index (χ4n) is 2.07.